The fraction of sp³-hybridized carbons (Fsp3) is 0.333. The quantitative estimate of drug-likeness (QED) is 0.523. The Hall–Kier alpha value is -3.63. The second kappa shape index (κ2) is 9.67. The highest BCUT2D eigenvalue weighted by Crippen LogP contribution is 2.29. The van der Waals surface area contributed by atoms with Gasteiger partial charge in [0.05, 0.1) is 36.7 Å². The van der Waals surface area contributed by atoms with Crippen molar-refractivity contribution >= 4 is 5.91 Å². The Morgan fingerprint density at radius 2 is 1.91 bits per heavy atom. The highest BCUT2D eigenvalue weighted by atomic mass is 19.4. The predicted molar refractivity (Wildman–Crippen MR) is 109 cm³/mol. The van der Waals surface area contributed by atoms with Gasteiger partial charge in [0.15, 0.2) is 0 Å². The van der Waals surface area contributed by atoms with Crippen LogP contribution in [0.5, 0.6) is 11.6 Å². The van der Waals surface area contributed by atoms with E-state index < -0.39 is 17.8 Å². The number of carbonyl (C=O) groups excluding carboxylic acids is 1. The van der Waals surface area contributed by atoms with Crippen molar-refractivity contribution in [3.63, 3.8) is 0 Å². The van der Waals surface area contributed by atoms with E-state index in [1.165, 1.54) is 24.3 Å². The first kappa shape index (κ1) is 23.0. The number of alkyl halides is 3. The second-order valence-electron chi connectivity index (χ2n) is 6.84. The molecule has 8 nitrogen and oxygen atoms in total. The third-order valence-electron chi connectivity index (χ3n) is 4.74. The van der Waals surface area contributed by atoms with Crippen molar-refractivity contribution in [1.29, 1.82) is 0 Å². The van der Waals surface area contributed by atoms with Crippen molar-refractivity contribution in [3.8, 4) is 17.3 Å². The summed E-state index contributed by atoms with van der Waals surface area (Å²) in [5.74, 6) is 0.305. The highest BCUT2D eigenvalue weighted by Gasteiger charge is 2.31. The lowest BCUT2D eigenvalue weighted by atomic mass is 10.1. The number of benzene rings is 1. The van der Waals surface area contributed by atoms with Crippen molar-refractivity contribution in [2.45, 2.75) is 26.1 Å². The second-order valence-corrected chi connectivity index (χ2v) is 6.84. The minimum atomic E-state index is -4.47. The van der Waals surface area contributed by atoms with Crippen LogP contribution in [0.2, 0.25) is 0 Å². The summed E-state index contributed by atoms with van der Waals surface area (Å²) in [7, 11) is 1.52. The van der Waals surface area contributed by atoms with Crippen molar-refractivity contribution < 1.29 is 27.4 Å². The van der Waals surface area contributed by atoms with Crippen LogP contribution in [-0.2, 0) is 6.18 Å². The monoisotopic (exact) mass is 449 g/mol. The first-order valence-corrected chi connectivity index (χ1v) is 9.76. The predicted octanol–water partition coefficient (Wildman–Crippen LogP) is 3.62. The molecule has 0 N–H and O–H groups in total. The van der Waals surface area contributed by atoms with Crippen LogP contribution in [-0.4, -0.2) is 57.1 Å². The van der Waals surface area contributed by atoms with Crippen LogP contribution in [0.25, 0.3) is 5.69 Å². The summed E-state index contributed by atoms with van der Waals surface area (Å²) < 4.78 is 48.8. The van der Waals surface area contributed by atoms with Gasteiger partial charge in [-0.25, -0.2) is 4.98 Å². The summed E-state index contributed by atoms with van der Waals surface area (Å²) in [6.45, 7) is 4.02. The Labute approximate surface area is 182 Å². The van der Waals surface area contributed by atoms with Crippen LogP contribution >= 0.6 is 0 Å². The lowest BCUT2D eigenvalue weighted by Gasteiger charge is -2.28. The lowest BCUT2D eigenvalue weighted by molar-refractivity contribution is -0.137. The molecule has 0 aliphatic carbocycles. The Morgan fingerprint density at radius 3 is 2.47 bits per heavy atom. The number of hydrogen-bond acceptors (Lipinski definition) is 6. The standard InChI is InChI=1S/C21H22F3N5O3/c1-4-28(14(2)13-32-19-8-5-15(12-25-19)21(22,23)24)20(30)17-7-6-16(31-3)11-18(17)29-26-9-10-27-29/h5-12,14H,4,13H2,1-3H3/t14-/m0/s1. The molecule has 1 atom stereocenters. The van der Waals surface area contributed by atoms with E-state index in [4.69, 9.17) is 9.47 Å². The minimum Gasteiger partial charge on any atom is -0.497 e. The van der Waals surface area contributed by atoms with E-state index in [2.05, 4.69) is 15.2 Å². The van der Waals surface area contributed by atoms with Crippen LogP contribution in [0.15, 0.2) is 48.9 Å². The van der Waals surface area contributed by atoms with E-state index in [0.29, 0.717) is 29.7 Å². The zero-order valence-electron chi connectivity index (χ0n) is 17.7. The van der Waals surface area contributed by atoms with Gasteiger partial charge in [-0.05, 0) is 32.0 Å². The normalized spacial score (nSPS) is 12.3. The highest BCUT2D eigenvalue weighted by molar-refractivity contribution is 5.98. The van der Waals surface area contributed by atoms with E-state index in [9.17, 15) is 18.0 Å². The summed E-state index contributed by atoms with van der Waals surface area (Å²) in [4.78, 5) is 19.9. The Morgan fingerprint density at radius 1 is 1.19 bits per heavy atom. The summed E-state index contributed by atoms with van der Waals surface area (Å²) in [5, 5.41) is 8.20. The number of hydrogen-bond donors (Lipinski definition) is 0. The molecule has 3 aromatic rings. The third kappa shape index (κ3) is 5.16. The minimum absolute atomic E-state index is 0.0410. The maximum atomic E-state index is 13.3. The van der Waals surface area contributed by atoms with Gasteiger partial charge in [0.2, 0.25) is 5.88 Å². The molecule has 1 aromatic carbocycles. The topological polar surface area (TPSA) is 82.4 Å². The van der Waals surface area contributed by atoms with Crippen LogP contribution in [0, 0.1) is 0 Å². The molecule has 11 heteroatoms. The molecule has 2 heterocycles. The first-order valence-electron chi connectivity index (χ1n) is 9.76. The van der Waals surface area contributed by atoms with Gasteiger partial charge in [-0.2, -0.15) is 28.2 Å². The zero-order valence-corrected chi connectivity index (χ0v) is 17.7. The van der Waals surface area contributed by atoms with E-state index in [-0.39, 0.29) is 18.4 Å². The number of halogens is 3. The van der Waals surface area contributed by atoms with E-state index in [1.807, 2.05) is 6.92 Å². The Kier molecular flexibility index (Phi) is 6.96. The lowest BCUT2D eigenvalue weighted by Crippen LogP contribution is -2.42. The number of ether oxygens (including phenoxy) is 2. The molecular formula is C21H22F3N5O3. The molecule has 2 aromatic heterocycles. The average molecular weight is 449 g/mol. The molecule has 0 unspecified atom stereocenters. The molecule has 1 amide bonds. The Balaban J connectivity index is 1.76. The first-order chi connectivity index (χ1) is 15.2. The molecule has 170 valence electrons. The van der Waals surface area contributed by atoms with Crippen molar-refractivity contribution in [2.24, 2.45) is 0 Å². The SMILES string of the molecule is CCN(C(=O)c1ccc(OC)cc1-n1nccn1)[C@@H](C)COc1ccc(C(F)(F)F)cn1. The number of amides is 1. The summed E-state index contributed by atoms with van der Waals surface area (Å²) >= 11 is 0. The number of aromatic nitrogens is 4. The van der Waals surface area contributed by atoms with Crippen molar-refractivity contribution in [3.05, 3.63) is 60.0 Å². The van der Waals surface area contributed by atoms with Crippen molar-refractivity contribution in [2.75, 3.05) is 20.3 Å². The van der Waals surface area contributed by atoms with Crippen LogP contribution in [0.1, 0.15) is 29.8 Å². The molecule has 0 radical (unpaired) electrons. The van der Waals surface area contributed by atoms with E-state index in [0.717, 1.165) is 12.1 Å². The molecule has 0 aliphatic rings. The van der Waals surface area contributed by atoms with Gasteiger partial charge in [-0.15, -0.1) is 0 Å². The maximum absolute atomic E-state index is 13.3. The summed E-state index contributed by atoms with van der Waals surface area (Å²) in [5.41, 5.74) is -0.0405. The summed E-state index contributed by atoms with van der Waals surface area (Å²) in [6.07, 6.45) is -0.759. The number of nitrogens with zero attached hydrogens (tertiary/aromatic N) is 5. The van der Waals surface area contributed by atoms with E-state index >= 15 is 0 Å². The van der Waals surface area contributed by atoms with Gasteiger partial charge in [-0.3, -0.25) is 4.79 Å². The van der Waals surface area contributed by atoms with Gasteiger partial charge in [0.1, 0.15) is 18.0 Å². The van der Waals surface area contributed by atoms with Gasteiger partial charge in [-0.1, -0.05) is 0 Å². The van der Waals surface area contributed by atoms with Gasteiger partial charge < -0.3 is 14.4 Å². The molecular weight excluding hydrogens is 427 g/mol. The molecule has 0 bridgehead atoms. The van der Waals surface area contributed by atoms with Gasteiger partial charge in [0, 0.05) is 24.9 Å². The average Bonchev–Trinajstić information content (AvgIpc) is 3.32. The molecule has 0 fully saturated rings. The molecule has 3 rings (SSSR count). The maximum Gasteiger partial charge on any atom is 0.417 e. The molecule has 0 spiro atoms. The Bertz CT molecular complexity index is 1040. The zero-order chi connectivity index (χ0) is 23.3. The fourth-order valence-corrected chi connectivity index (χ4v) is 3.06. The molecule has 0 saturated heterocycles. The molecule has 0 saturated carbocycles. The largest absolute Gasteiger partial charge is 0.497 e. The molecule has 32 heavy (non-hydrogen) atoms. The van der Waals surface area contributed by atoms with Crippen LogP contribution in [0.4, 0.5) is 13.2 Å². The van der Waals surface area contributed by atoms with Gasteiger partial charge in [0.25, 0.3) is 5.91 Å². The smallest absolute Gasteiger partial charge is 0.417 e. The number of carbonyl (C=O) groups is 1. The van der Waals surface area contributed by atoms with E-state index in [1.54, 1.807) is 30.0 Å². The molecule has 0 aliphatic heterocycles. The van der Waals surface area contributed by atoms with Crippen LogP contribution < -0.4 is 9.47 Å². The van der Waals surface area contributed by atoms with Crippen LogP contribution in [0.3, 0.4) is 0 Å². The third-order valence-corrected chi connectivity index (χ3v) is 4.74. The summed E-state index contributed by atoms with van der Waals surface area (Å²) in [6, 6.07) is 6.62. The number of rotatable bonds is 8. The van der Waals surface area contributed by atoms with Gasteiger partial charge >= 0.3 is 6.18 Å². The van der Waals surface area contributed by atoms with Crippen molar-refractivity contribution in [1.82, 2.24) is 24.9 Å². The number of likely N-dealkylation sites (N-methyl/N-ethyl adjacent to an activating group) is 1. The fourth-order valence-electron chi connectivity index (χ4n) is 3.06. The number of methoxy groups -OCH3 is 1. The number of pyridine rings is 1.